The van der Waals surface area contributed by atoms with E-state index in [4.69, 9.17) is 20.7 Å². The quantitative estimate of drug-likeness (QED) is 0.732. The molecule has 5 heteroatoms. The van der Waals surface area contributed by atoms with Gasteiger partial charge in [-0.1, -0.05) is 12.1 Å². The van der Waals surface area contributed by atoms with Gasteiger partial charge in [0.15, 0.2) is 0 Å². The Balaban J connectivity index is 2.28. The first kappa shape index (κ1) is 12.9. The summed E-state index contributed by atoms with van der Waals surface area (Å²) in [4.78, 5) is 11.0. The van der Waals surface area contributed by atoms with Crippen LogP contribution in [0.1, 0.15) is 15.9 Å². The highest BCUT2D eigenvalue weighted by molar-refractivity contribution is 5.94. The van der Waals surface area contributed by atoms with Crippen molar-refractivity contribution in [2.45, 2.75) is 6.61 Å². The maximum atomic E-state index is 11.0. The molecule has 98 valence electrons. The molecule has 0 saturated heterocycles. The van der Waals surface area contributed by atoms with E-state index in [2.05, 4.69) is 0 Å². The van der Waals surface area contributed by atoms with E-state index in [0.717, 1.165) is 0 Å². The number of carboxylic acid groups (broad SMARTS) is 1. The van der Waals surface area contributed by atoms with E-state index in [1.807, 2.05) is 0 Å². The number of rotatable bonds is 4. The van der Waals surface area contributed by atoms with E-state index in [-0.39, 0.29) is 17.9 Å². The molecule has 0 aliphatic carbocycles. The molecule has 5 nitrogen and oxygen atoms in total. The maximum absolute atomic E-state index is 11.0. The fraction of sp³-hybridized carbons (Fsp3) is 0.0714. The number of hydrogen-bond acceptors (Lipinski definition) is 4. The molecule has 0 atom stereocenters. The molecule has 0 aliphatic rings. The second-order valence-corrected chi connectivity index (χ2v) is 3.96. The minimum absolute atomic E-state index is 0.00388. The molecule has 0 saturated carbocycles. The summed E-state index contributed by atoms with van der Waals surface area (Å²) >= 11 is 0. The number of benzene rings is 2. The fourth-order valence-corrected chi connectivity index (χ4v) is 1.63. The molecule has 2 rings (SSSR count). The number of nitrogens with two attached hydrogens (primary N) is 1. The average Bonchev–Trinajstić information content (AvgIpc) is 2.41. The molecule has 2 aromatic carbocycles. The van der Waals surface area contributed by atoms with Crippen LogP contribution in [0.5, 0.6) is 11.5 Å². The van der Waals surface area contributed by atoms with Crippen LogP contribution in [0.3, 0.4) is 0 Å². The SMILES string of the molecule is Nc1ccc(Oc2cccc(CO)c2)cc1C(=O)O. The summed E-state index contributed by atoms with van der Waals surface area (Å²) in [7, 11) is 0. The Morgan fingerprint density at radius 1 is 1.16 bits per heavy atom. The molecule has 0 spiro atoms. The third-order valence-corrected chi connectivity index (χ3v) is 2.57. The van der Waals surface area contributed by atoms with Crippen LogP contribution in [0.4, 0.5) is 5.69 Å². The van der Waals surface area contributed by atoms with Crippen molar-refractivity contribution in [3.8, 4) is 11.5 Å². The minimum Gasteiger partial charge on any atom is -0.478 e. The molecule has 0 radical (unpaired) electrons. The fourth-order valence-electron chi connectivity index (χ4n) is 1.63. The number of nitrogen functional groups attached to an aromatic ring is 1. The lowest BCUT2D eigenvalue weighted by atomic mass is 10.1. The van der Waals surface area contributed by atoms with E-state index >= 15 is 0 Å². The standard InChI is InChI=1S/C14H13NO4/c15-13-5-4-11(7-12(13)14(17)18)19-10-3-1-2-9(6-10)8-16/h1-7,16H,8,15H2,(H,17,18). The van der Waals surface area contributed by atoms with Gasteiger partial charge in [0.2, 0.25) is 0 Å². The van der Waals surface area contributed by atoms with Crippen molar-refractivity contribution in [3.63, 3.8) is 0 Å². The Labute approximate surface area is 109 Å². The van der Waals surface area contributed by atoms with Gasteiger partial charge in [-0.3, -0.25) is 0 Å². The van der Waals surface area contributed by atoms with Crippen LogP contribution in [0.2, 0.25) is 0 Å². The highest BCUT2D eigenvalue weighted by atomic mass is 16.5. The summed E-state index contributed by atoms with van der Waals surface area (Å²) in [6.45, 7) is -0.0840. The van der Waals surface area contributed by atoms with Gasteiger partial charge in [0.1, 0.15) is 11.5 Å². The van der Waals surface area contributed by atoms with Crippen molar-refractivity contribution >= 4 is 11.7 Å². The van der Waals surface area contributed by atoms with Crippen molar-refractivity contribution in [2.24, 2.45) is 0 Å². The lowest BCUT2D eigenvalue weighted by Gasteiger charge is -2.08. The Bertz CT molecular complexity index is 610. The second kappa shape index (κ2) is 5.41. The van der Waals surface area contributed by atoms with Gasteiger partial charge in [-0.2, -0.15) is 0 Å². The van der Waals surface area contributed by atoms with Crippen molar-refractivity contribution < 1.29 is 19.7 Å². The van der Waals surface area contributed by atoms with E-state index in [1.165, 1.54) is 12.1 Å². The predicted octanol–water partition coefficient (Wildman–Crippen LogP) is 2.25. The van der Waals surface area contributed by atoms with E-state index in [1.54, 1.807) is 30.3 Å². The highest BCUT2D eigenvalue weighted by Gasteiger charge is 2.09. The summed E-state index contributed by atoms with van der Waals surface area (Å²) < 4.78 is 5.54. The molecule has 4 N–H and O–H groups in total. The van der Waals surface area contributed by atoms with E-state index < -0.39 is 5.97 Å². The van der Waals surface area contributed by atoms with Crippen molar-refractivity contribution in [2.75, 3.05) is 5.73 Å². The zero-order valence-corrected chi connectivity index (χ0v) is 10.0. The molecule has 0 bridgehead atoms. The van der Waals surface area contributed by atoms with Gasteiger partial charge in [0, 0.05) is 5.69 Å². The summed E-state index contributed by atoms with van der Waals surface area (Å²) in [5.74, 6) is -0.207. The smallest absolute Gasteiger partial charge is 0.337 e. The largest absolute Gasteiger partial charge is 0.478 e. The van der Waals surface area contributed by atoms with Crippen molar-refractivity contribution in [3.05, 3.63) is 53.6 Å². The van der Waals surface area contributed by atoms with Gasteiger partial charge in [0.25, 0.3) is 0 Å². The first-order valence-electron chi connectivity index (χ1n) is 5.60. The number of aliphatic hydroxyl groups excluding tert-OH is 1. The van der Waals surface area contributed by atoms with E-state index in [9.17, 15) is 4.79 Å². The molecular formula is C14H13NO4. The maximum Gasteiger partial charge on any atom is 0.337 e. The summed E-state index contributed by atoms with van der Waals surface area (Å²) in [5, 5.41) is 18.0. The number of hydrogen-bond donors (Lipinski definition) is 3. The Morgan fingerprint density at radius 2 is 1.89 bits per heavy atom. The van der Waals surface area contributed by atoms with Crippen LogP contribution in [-0.2, 0) is 6.61 Å². The van der Waals surface area contributed by atoms with Crippen LogP contribution in [0.25, 0.3) is 0 Å². The van der Waals surface area contributed by atoms with E-state index in [0.29, 0.717) is 17.1 Å². The zero-order chi connectivity index (χ0) is 13.8. The molecule has 19 heavy (non-hydrogen) atoms. The molecule has 0 amide bonds. The Morgan fingerprint density at radius 3 is 2.58 bits per heavy atom. The molecule has 2 aromatic rings. The van der Waals surface area contributed by atoms with Crippen LogP contribution in [0, 0.1) is 0 Å². The van der Waals surface area contributed by atoms with Gasteiger partial charge in [0.05, 0.1) is 12.2 Å². The van der Waals surface area contributed by atoms with Crippen molar-refractivity contribution in [1.82, 2.24) is 0 Å². The normalized spacial score (nSPS) is 10.2. The topological polar surface area (TPSA) is 92.8 Å². The molecule has 0 aromatic heterocycles. The van der Waals surface area contributed by atoms with Gasteiger partial charge in [-0.15, -0.1) is 0 Å². The predicted molar refractivity (Wildman–Crippen MR) is 70.3 cm³/mol. The number of carbonyl (C=O) groups is 1. The van der Waals surface area contributed by atoms with Gasteiger partial charge < -0.3 is 20.7 Å². The van der Waals surface area contributed by atoms with Gasteiger partial charge in [-0.05, 0) is 35.9 Å². The van der Waals surface area contributed by atoms with Crippen LogP contribution in [-0.4, -0.2) is 16.2 Å². The molecule has 0 heterocycles. The first-order valence-corrected chi connectivity index (χ1v) is 5.60. The van der Waals surface area contributed by atoms with Crippen molar-refractivity contribution in [1.29, 1.82) is 0 Å². The number of ether oxygens (including phenoxy) is 1. The van der Waals surface area contributed by atoms with Crippen LogP contribution in [0.15, 0.2) is 42.5 Å². The second-order valence-electron chi connectivity index (χ2n) is 3.96. The Hall–Kier alpha value is -2.53. The molecule has 0 fully saturated rings. The zero-order valence-electron chi connectivity index (χ0n) is 10.0. The molecule has 0 unspecified atom stereocenters. The molecule has 0 aliphatic heterocycles. The minimum atomic E-state index is -1.10. The highest BCUT2D eigenvalue weighted by Crippen LogP contribution is 2.25. The van der Waals surface area contributed by atoms with Gasteiger partial charge in [-0.25, -0.2) is 4.79 Å². The number of carboxylic acids is 1. The summed E-state index contributed by atoms with van der Waals surface area (Å²) in [5.41, 5.74) is 6.45. The lowest BCUT2D eigenvalue weighted by Crippen LogP contribution is -2.02. The monoisotopic (exact) mass is 259 g/mol. The van der Waals surface area contributed by atoms with Crippen LogP contribution >= 0.6 is 0 Å². The number of anilines is 1. The first-order chi connectivity index (χ1) is 9.10. The Kier molecular flexibility index (Phi) is 3.68. The summed E-state index contributed by atoms with van der Waals surface area (Å²) in [6.07, 6.45) is 0. The lowest BCUT2D eigenvalue weighted by molar-refractivity contribution is 0.0697. The third-order valence-electron chi connectivity index (χ3n) is 2.57. The summed E-state index contributed by atoms with van der Waals surface area (Å²) in [6, 6.07) is 11.3. The average molecular weight is 259 g/mol. The third kappa shape index (κ3) is 3.02. The van der Waals surface area contributed by atoms with Crippen LogP contribution < -0.4 is 10.5 Å². The molecular weight excluding hydrogens is 246 g/mol. The number of aliphatic hydroxyl groups is 1. The number of aromatic carboxylic acids is 1. The van der Waals surface area contributed by atoms with Gasteiger partial charge >= 0.3 is 5.97 Å².